The van der Waals surface area contributed by atoms with Crippen molar-refractivity contribution in [2.75, 3.05) is 13.2 Å². The number of Topliss-reactive ketones (excluding diaryl/α,β-unsaturated/α-hetero) is 1. The molecule has 1 saturated carbocycles. The molecule has 0 heterocycles. The number of aliphatic hydroxyl groups excluding tert-OH is 2. The van der Waals surface area contributed by atoms with E-state index in [2.05, 4.69) is 0 Å². The number of aliphatic hydroxyl groups is 2. The Morgan fingerprint density at radius 3 is 2.32 bits per heavy atom. The van der Waals surface area contributed by atoms with Crippen molar-refractivity contribution in [3.8, 4) is 11.5 Å². The molecule has 34 heavy (non-hydrogen) atoms. The zero-order valence-corrected chi connectivity index (χ0v) is 19.1. The summed E-state index contributed by atoms with van der Waals surface area (Å²) < 4.78 is 16.5. The molecule has 0 saturated heterocycles. The van der Waals surface area contributed by atoms with E-state index in [1.807, 2.05) is 36.4 Å². The maximum Gasteiger partial charge on any atom is 0.311 e. The molecule has 0 aromatic heterocycles. The highest BCUT2D eigenvalue weighted by Gasteiger charge is 2.42. The number of benzene rings is 2. The molecule has 1 fully saturated rings. The first-order valence-corrected chi connectivity index (χ1v) is 11.6. The summed E-state index contributed by atoms with van der Waals surface area (Å²) in [5.74, 6) is 0.415. The average Bonchev–Trinajstić information content (AvgIpc) is 3.11. The lowest BCUT2D eigenvalue weighted by molar-refractivity contribution is -0.134. The van der Waals surface area contributed by atoms with Crippen molar-refractivity contribution in [2.45, 2.75) is 50.4 Å². The van der Waals surface area contributed by atoms with Gasteiger partial charge in [-0.2, -0.15) is 0 Å². The molecule has 4 unspecified atom stereocenters. The van der Waals surface area contributed by atoms with E-state index in [0.29, 0.717) is 30.8 Å². The smallest absolute Gasteiger partial charge is 0.311 e. The van der Waals surface area contributed by atoms with Gasteiger partial charge in [0.1, 0.15) is 30.0 Å². The van der Waals surface area contributed by atoms with Gasteiger partial charge in [0, 0.05) is 18.8 Å². The number of carbonyl (C=O) groups excluding carboxylic acids is 2. The third kappa shape index (κ3) is 8.41. The first-order valence-electron chi connectivity index (χ1n) is 11.6. The third-order valence-electron chi connectivity index (χ3n) is 5.57. The molecular formula is C27H32O7. The highest BCUT2D eigenvalue weighted by atomic mass is 16.5. The highest BCUT2D eigenvalue weighted by molar-refractivity contribution is 5.84. The summed E-state index contributed by atoms with van der Waals surface area (Å²) in [6, 6.07) is 18.1. The molecule has 1 aliphatic rings. The van der Waals surface area contributed by atoms with Gasteiger partial charge in [0.15, 0.2) is 0 Å². The van der Waals surface area contributed by atoms with Crippen LogP contribution >= 0.6 is 0 Å². The molecule has 0 bridgehead atoms. The molecule has 2 N–H and O–H groups in total. The van der Waals surface area contributed by atoms with Crippen molar-refractivity contribution in [1.82, 2.24) is 0 Å². The number of para-hydroxylation sites is 2. The lowest BCUT2D eigenvalue weighted by Crippen LogP contribution is -2.34. The largest absolute Gasteiger partial charge is 0.491 e. The van der Waals surface area contributed by atoms with Crippen LogP contribution in [0.25, 0.3) is 0 Å². The average molecular weight is 469 g/mol. The molecule has 0 amide bonds. The summed E-state index contributed by atoms with van der Waals surface area (Å²) in [6.07, 6.45) is 3.43. The van der Waals surface area contributed by atoms with Gasteiger partial charge in [-0.05, 0) is 43.5 Å². The van der Waals surface area contributed by atoms with E-state index in [1.165, 1.54) is 0 Å². The van der Waals surface area contributed by atoms with E-state index in [1.54, 1.807) is 36.4 Å². The Hall–Kier alpha value is -3.00. The molecule has 0 spiro atoms. The zero-order valence-electron chi connectivity index (χ0n) is 19.1. The van der Waals surface area contributed by atoms with Gasteiger partial charge in [-0.15, -0.1) is 0 Å². The number of ketones is 1. The Kier molecular flexibility index (Phi) is 10.3. The van der Waals surface area contributed by atoms with Crippen LogP contribution in [-0.2, 0) is 14.3 Å². The van der Waals surface area contributed by atoms with Crippen LogP contribution < -0.4 is 9.47 Å². The minimum atomic E-state index is -0.878. The minimum Gasteiger partial charge on any atom is -0.491 e. The standard InChI is InChI=1S/C27H32O7/c28-20(18-32-21-11-5-3-6-12-21)19-33-27-23(24(29)17-25(27)30)15-9-1-2-10-16-26(31)34-22-13-7-4-8-14-22/h1-8,11-14,20,23,25,27-28,30H,9-10,15-19H2. The Balaban J connectivity index is 1.35. The SMILES string of the molecule is O=C(CCC=CCCC1C(=O)CC(O)C1OCC(O)COc1ccccc1)Oc1ccccc1. The first-order chi connectivity index (χ1) is 16.5. The Morgan fingerprint density at radius 2 is 1.62 bits per heavy atom. The van der Waals surface area contributed by atoms with Gasteiger partial charge in [-0.3, -0.25) is 9.59 Å². The van der Waals surface area contributed by atoms with Crippen molar-refractivity contribution in [2.24, 2.45) is 5.92 Å². The van der Waals surface area contributed by atoms with E-state index in [-0.39, 0.29) is 37.8 Å². The van der Waals surface area contributed by atoms with Crippen LogP contribution in [0.3, 0.4) is 0 Å². The predicted molar refractivity (Wildman–Crippen MR) is 126 cm³/mol. The summed E-state index contributed by atoms with van der Waals surface area (Å²) in [5.41, 5.74) is 0. The summed E-state index contributed by atoms with van der Waals surface area (Å²) in [4.78, 5) is 24.2. The lowest BCUT2D eigenvalue weighted by atomic mass is 9.98. The molecule has 2 aromatic carbocycles. The monoisotopic (exact) mass is 468 g/mol. The second-order valence-electron chi connectivity index (χ2n) is 8.29. The Bertz CT molecular complexity index is 913. The van der Waals surface area contributed by atoms with Gasteiger partial charge in [0.25, 0.3) is 0 Å². The molecule has 1 aliphatic carbocycles. The van der Waals surface area contributed by atoms with E-state index >= 15 is 0 Å². The number of esters is 1. The fourth-order valence-corrected chi connectivity index (χ4v) is 3.84. The van der Waals surface area contributed by atoms with Crippen LogP contribution in [0.2, 0.25) is 0 Å². The second kappa shape index (κ2) is 13.6. The van der Waals surface area contributed by atoms with Gasteiger partial charge in [0.2, 0.25) is 0 Å². The highest BCUT2D eigenvalue weighted by Crippen LogP contribution is 2.30. The fourth-order valence-electron chi connectivity index (χ4n) is 3.84. The zero-order chi connectivity index (χ0) is 24.2. The molecule has 2 aromatic rings. The number of ether oxygens (including phenoxy) is 3. The van der Waals surface area contributed by atoms with Crippen LogP contribution in [0.1, 0.15) is 32.1 Å². The van der Waals surface area contributed by atoms with Gasteiger partial charge in [-0.1, -0.05) is 48.6 Å². The Morgan fingerprint density at radius 1 is 0.971 bits per heavy atom. The third-order valence-corrected chi connectivity index (χ3v) is 5.57. The first kappa shape index (κ1) is 25.6. The maximum absolute atomic E-state index is 12.3. The van der Waals surface area contributed by atoms with Crippen LogP contribution in [0.5, 0.6) is 11.5 Å². The second-order valence-corrected chi connectivity index (χ2v) is 8.29. The van der Waals surface area contributed by atoms with Crippen molar-refractivity contribution in [3.05, 3.63) is 72.8 Å². The van der Waals surface area contributed by atoms with Crippen LogP contribution in [0.4, 0.5) is 0 Å². The van der Waals surface area contributed by atoms with Crippen molar-refractivity contribution in [3.63, 3.8) is 0 Å². The number of carbonyl (C=O) groups is 2. The normalized spacial score (nSPS) is 21.0. The van der Waals surface area contributed by atoms with Gasteiger partial charge >= 0.3 is 5.97 Å². The molecule has 3 rings (SSSR count). The molecular weight excluding hydrogens is 436 g/mol. The van der Waals surface area contributed by atoms with Crippen molar-refractivity contribution in [1.29, 1.82) is 0 Å². The van der Waals surface area contributed by atoms with Gasteiger partial charge in [0.05, 0.1) is 18.8 Å². The summed E-state index contributed by atoms with van der Waals surface area (Å²) >= 11 is 0. The number of rotatable bonds is 13. The minimum absolute atomic E-state index is 0.0301. The topological polar surface area (TPSA) is 102 Å². The maximum atomic E-state index is 12.3. The van der Waals surface area contributed by atoms with Crippen LogP contribution in [0.15, 0.2) is 72.8 Å². The summed E-state index contributed by atoms with van der Waals surface area (Å²) in [7, 11) is 0. The van der Waals surface area contributed by atoms with E-state index in [4.69, 9.17) is 14.2 Å². The molecule has 0 aliphatic heterocycles. The predicted octanol–water partition coefficient (Wildman–Crippen LogP) is 3.48. The summed E-state index contributed by atoms with van der Waals surface area (Å²) in [5, 5.41) is 20.4. The lowest BCUT2D eigenvalue weighted by Gasteiger charge is -2.23. The van der Waals surface area contributed by atoms with Crippen LogP contribution in [-0.4, -0.2) is 53.5 Å². The summed E-state index contributed by atoms with van der Waals surface area (Å²) in [6.45, 7) is 0.0264. The van der Waals surface area contributed by atoms with E-state index in [9.17, 15) is 19.8 Å². The molecule has 0 radical (unpaired) electrons. The van der Waals surface area contributed by atoms with E-state index < -0.39 is 24.2 Å². The quantitative estimate of drug-likeness (QED) is 0.264. The van der Waals surface area contributed by atoms with E-state index in [0.717, 1.165) is 0 Å². The van der Waals surface area contributed by atoms with Crippen LogP contribution in [0, 0.1) is 5.92 Å². The van der Waals surface area contributed by atoms with Gasteiger partial charge in [-0.25, -0.2) is 0 Å². The number of allylic oxidation sites excluding steroid dienone is 2. The van der Waals surface area contributed by atoms with Crippen molar-refractivity contribution < 1.29 is 34.0 Å². The van der Waals surface area contributed by atoms with Gasteiger partial charge < -0.3 is 24.4 Å². The molecule has 7 nitrogen and oxygen atoms in total. The molecule has 7 heteroatoms. The molecule has 4 atom stereocenters. The number of hydrogen-bond acceptors (Lipinski definition) is 7. The Labute approximate surface area is 200 Å². The number of hydrogen-bond donors (Lipinski definition) is 2. The fraction of sp³-hybridized carbons (Fsp3) is 0.407. The molecule has 182 valence electrons. The van der Waals surface area contributed by atoms with Crippen molar-refractivity contribution >= 4 is 11.8 Å².